The number of carboxylic acid groups (broad SMARTS) is 1. The number of hydrogen-bond donors (Lipinski definition) is 3. The van der Waals surface area contributed by atoms with Gasteiger partial charge in [0.1, 0.15) is 5.52 Å². The van der Waals surface area contributed by atoms with Gasteiger partial charge in [-0.2, -0.15) is 0 Å². The van der Waals surface area contributed by atoms with Crippen molar-refractivity contribution in [3.63, 3.8) is 0 Å². The predicted molar refractivity (Wildman–Crippen MR) is 78.9 cm³/mol. The molecular formula is C15H9N3O4. The lowest BCUT2D eigenvalue weighted by Crippen LogP contribution is -2.07. The standard InChI is InChI=1S/C15H9N3O4/c19-14-13-12(9(6-16-13)15(20)21)8-5-7(1-2-10(8)18-14)11-3-4-17-22-11/h1-6,16H,(H,18,19)(H,20,21). The van der Waals surface area contributed by atoms with E-state index in [1.165, 1.54) is 12.4 Å². The van der Waals surface area contributed by atoms with Gasteiger partial charge in [-0.25, -0.2) is 4.79 Å². The Morgan fingerprint density at radius 3 is 2.86 bits per heavy atom. The van der Waals surface area contributed by atoms with Crippen molar-refractivity contribution in [2.75, 3.05) is 0 Å². The number of aromatic nitrogens is 3. The molecule has 3 N–H and O–H groups in total. The van der Waals surface area contributed by atoms with Gasteiger partial charge in [-0.3, -0.25) is 4.79 Å². The Morgan fingerprint density at radius 1 is 1.27 bits per heavy atom. The number of rotatable bonds is 2. The van der Waals surface area contributed by atoms with Gasteiger partial charge in [-0.05, 0) is 18.2 Å². The zero-order valence-corrected chi connectivity index (χ0v) is 11.1. The number of H-pyrrole nitrogens is 2. The first kappa shape index (κ1) is 12.4. The molecule has 0 saturated carbocycles. The third kappa shape index (κ3) is 1.65. The van der Waals surface area contributed by atoms with Crippen molar-refractivity contribution in [1.29, 1.82) is 0 Å². The van der Waals surface area contributed by atoms with E-state index in [-0.39, 0.29) is 16.6 Å². The Bertz CT molecular complexity index is 1070. The number of benzene rings is 1. The molecule has 7 heteroatoms. The van der Waals surface area contributed by atoms with Gasteiger partial charge >= 0.3 is 5.97 Å². The monoisotopic (exact) mass is 295 g/mol. The average Bonchev–Trinajstić information content (AvgIpc) is 3.17. The van der Waals surface area contributed by atoms with E-state index < -0.39 is 5.97 Å². The summed E-state index contributed by atoms with van der Waals surface area (Å²) in [5.74, 6) is -0.531. The van der Waals surface area contributed by atoms with E-state index in [1.807, 2.05) is 0 Å². The topological polar surface area (TPSA) is 112 Å². The summed E-state index contributed by atoms with van der Waals surface area (Å²) in [4.78, 5) is 28.9. The highest BCUT2D eigenvalue weighted by Crippen LogP contribution is 2.29. The first-order chi connectivity index (χ1) is 10.6. The van der Waals surface area contributed by atoms with Crippen LogP contribution in [-0.4, -0.2) is 26.2 Å². The highest BCUT2D eigenvalue weighted by molar-refractivity contribution is 6.15. The normalized spacial score (nSPS) is 11.3. The van der Waals surface area contributed by atoms with Gasteiger partial charge in [0.25, 0.3) is 5.56 Å². The number of pyridine rings is 1. The maximum Gasteiger partial charge on any atom is 0.337 e. The first-order valence-electron chi connectivity index (χ1n) is 6.46. The van der Waals surface area contributed by atoms with Crippen LogP contribution in [0.4, 0.5) is 0 Å². The lowest BCUT2D eigenvalue weighted by molar-refractivity contribution is 0.0699. The maximum absolute atomic E-state index is 12.0. The van der Waals surface area contributed by atoms with Crippen molar-refractivity contribution in [2.24, 2.45) is 0 Å². The predicted octanol–water partition coefficient (Wildman–Crippen LogP) is 2.36. The van der Waals surface area contributed by atoms with Crippen molar-refractivity contribution >= 4 is 27.8 Å². The molecule has 4 rings (SSSR count). The minimum atomic E-state index is -1.09. The second-order valence-electron chi connectivity index (χ2n) is 4.85. The van der Waals surface area contributed by atoms with E-state index >= 15 is 0 Å². The molecule has 0 spiro atoms. The Hall–Kier alpha value is -3.35. The smallest absolute Gasteiger partial charge is 0.337 e. The van der Waals surface area contributed by atoms with Gasteiger partial charge in [-0.1, -0.05) is 5.16 Å². The zero-order valence-electron chi connectivity index (χ0n) is 11.1. The van der Waals surface area contributed by atoms with Gasteiger partial charge in [0.2, 0.25) is 0 Å². The minimum absolute atomic E-state index is 0.0563. The molecule has 1 aromatic carbocycles. The Morgan fingerprint density at radius 2 is 2.14 bits per heavy atom. The molecule has 0 amide bonds. The lowest BCUT2D eigenvalue weighted by atomic mass is 10.0. The summed E-state index contributed by atoms with van der Waals surface area (Å²) < 4.78 is 5.12. The van der Waals surface area contributed by atoms with Crippen LogP contribution in [0, 0.1) is 0 Å². The van der Waals surface area contributed by atoms with E-state index in [0.29, 0.717) is 22.0 Å². The number of aromatic amines is 2. The van der Waals surface area contributed by atoms with Gasteiger partial charge in [-0.15, -0.1) is 0 Å². The maximum atomic E-state index is 12.0. The summed E-state index contributed by atoms with van der Waals surface area (Å²) in [6.07, 6.45) is 2.85. The minimum Gasteiger partial charge on any atom is -0.478 e. The molecule has 7 nitrogen and oxygen atoms in total. The largest absolute Gasteiger partial charge is 0.478 e. The van der Waals surface area contributed by atoms with Crippen LogP contribution in [0.3, 0.4) is 0 Å². The highest BCUT2D eigenvalue weighted by Gasteiger charge is 2.17. The summed E-state index contributed by atoms with van der Waals surface area (Å²) in [5, 5.41) is 14.0. The quantitative estimate of drug-likeness (QED) is 0.525. The highest BCUT2D eigenvalue weighted by atomic mass is 16.5. The van der Waals surface area contributed by atoms with E-state index in [2.05, 4.69) is 15.1 Å². The van der Waals surface area contributed by atoms with Gasteiger partial charge in [0.05, 0.1) is 11.8 Å². The van der Waals surface area contributed by atoms with Crippen LogP contribution in [-0.2, 0) is 0 Å². The SMILES string of the molecule is O=C(O)c1c[nH]c2c(=O)[nH]c3ccc(-c4ccno4)cc3c12. The van der Waals surface area contributed by atoms with Crippen molar-refractivity contribution in [3.05, 3.63) is 52.6 Å². The number of nitrogens with one attached hydrogen (secondary N) is 2. The van der Waals surface area contributed by atoms with Crippen molar-refractivity contribution in [2.45, 2.75) is 0 Å². The molecule has 108 valence electrons. The third-order valence-corrected chi connectivity index (χ3v) is 3.60. The number of carbonyl (C=O) groups is 1. The molecule has 0 radical (unpaired) electrons. The number of hydrogen-bond acceptors (Lipinski definition) is 4. The summed E-state index contributed by atoms with van der Waals surface area (Å²) in [5.41, 5.74) is 1.24. The van der Waals surface area contributed by atoms with Gasteiger partial charge < -0.3 is 19.6 Å². The summed E-state index contributed by atoms with van der Waals surface area (Å²) in [6, 6.07) is 6.97. The van der Waals surface area contributed by atoms with Crippen LogP contribution >= 0.6 is 0 Å². The van der Waals surface area contributed by atoms with Gasteiger partial charge in [0, 0.05) is 34.1 Å². The van der Waals surface area contributed by atoms with Crippen molar-refractivity contribution in [1.82, 2.24) is 15.1 Å². The zero-order chi connectivity index (χ0) is 15.3. The van der Waals surface area contributed by atoms with Crippen LogP contribution in [0.25, 0.3) is 33.1 Å². The van der Waals surface area contributed by atoms with Crippen molar-refractivity contribution in [3.8, 4) is 11.3 Å². The second kappa shape index (κ2) is 4.32. The van der Waals surface area contributed by atoms with Crippen LogP contribution in [0.2, 0.25) is 0 Å². The molecule has 0 unspecified atom stereocenters. The number of nitrogens with zero attached hydrogens (tertiary/aromatic N) is 1. The first-order valence-corrected chi connectivity index (χ1v) is 6.46. The summed E-state index contributed by atoms with van der Waals surface area (Å²) in [6.45, 7) is 0. The molecule has 0 aliphatic carbocycles. The Kier molecular flexibility index (Phi) is 2.43. The Balaban J connectivity index is 2.16. The fourth-order valence-electron chi connectivity index (χ4n) is 2.61. The summed E-state index contributed by atoms with van der Waals surface area (Å²) in [7, 11) is 0. The number of aromatic carboxylic acids is 1. The molecule has 4 aromatic rings. The molecule has 0 aliphatic rings. The van der Waals surface area contributed by atoms with Crippen LogP contribution in [0.5, 0.6) is 0 Å². The molecule has 3 heterocycles. The molecule has 3 aromatic heterocycles. The van der Waals surface area contributed by atoms with Crippen LogP contribution < -0.4 is 5.56 Å². The third-order valence-electron chi connectivity index (χ3n) is 3.60. The average molecular weight is 295 g/mol. The van der Waals surface area contributed by atoms with E-state index in [4.69, 9.17) is 4.52 Å². The van der Waals surface area contributed by atoms with E-state index in [1.54, 1.807) is 24.3 Å². The lowest BCUT2D eigenvalue weighted by Gasteiger charge is -2.03. The molecule has 0 bridgehead atoms. The van der Waals surface area contributed by atoms with E-state index in [0.717, 1.165) is 5.56 Å². The second-order valence-corrected chi connectivity index (χ2v) is 4.85. The van der Waals surface area contributed by atoms with E-state index in [9.17, 15) is 14.7 Å². The molecule has 0 atom stereocenters. The number of carboxylic acids is 1. The molecule has 0 fully saturated rings. The van der Waals surface area contributed by atoms with Crippen LogP contribution in [0.1, 0.15) is 10.4 Å². The molecule has 22 heavy (non-hydrogen) atoms. The molecule has 0 aliphatic heterocycles. The number of fused-ring (bicyclic) bond motifs is 3. The van der Waals surface area contributed by atoms with Crippen molar-refractivity contribution < 1.29 is 14.4 Å². The van der Waals surface area contributed by atoms with Crippen LogP contribution in [0.15, 0.2) is 46.0 Å². The summed E-state index contributed by atoms with van der Waals surface area (Å²) >= 11 is 0. The fraction of sp³-hybridized carbons (Fsp3) is 0. The molecular weight excluding hydrogens is 286 g/mol. The fourth-order valence-corrected chi connectivity index (χ4v) is 2.61. The van der Waals surface area contributed by atoms with Gasteiger partial charge in [0.15, 0.2) is 5.76 Å². The Labute approximate surface area is 122 Å². The molecule has 0 saturated heterocycles.